The molecule has 0 unspecified atom stereocenters. The molecule has 2 aromatic rings. The first-order valence-electron chi connectivity index (χ1n) is 5.89. The second-order valence-electron chi connectivity index (χ2n) is 4.00. The van der Waals surface area contributed by atoms with Gasteiger partial charge in [-0.2, -0.15) is 0 Å². The second kappa shape index (κ2) is 6.45. The highest BCUT2D eigenvalue weighted by Gasteiger charge is 2.13. The molecule has 2 aromatic carbocycles. The molecule has 0 atom stereocenters. The Balaban J connectivity index is 2.19. The van der Waals surface area contributed by atoms with Crippen molar-refractivity contribution in [3.8, 4) is 11.5 Å². The summed E-state index contributed by atoms with van der Waals surface area (Å²) in [6.07, 6.45) is 0. The van der Waals surface area contributed by atoms with Crippen LogP contribution in [-0.2, 0) is 13.2 Å². The number of aliphatic hydroxyl groups excluding tert-OH is 1. The molecule has 0 heterocycles. The van der Waals surface area contributed by atoms with Gasteiger partial charge >= 0.3 is 0 Å². The Morgan fingerprint density at radius 2 is 1.84 bits per heavy atom. The quantitative estimate of drug-likeness (QED) is 0.911. The van der Waals surface area contributed by atoms with Gasteiger partial charge in [0.05, 0.1) is 18.7 Å². The molecule has 0 fully saturated rings. The van der Waals surface area contributed by atoms with Crippen molar-refractivity contribution in [1.29, 1.82) is 0 Å². The Labute approximate surface area is 117 Å². The average molecular weight is 279 g/mol. The van der Waals surface area contributed by atoms with Crippen LogP contribution in [0, 0.1) is 0 Å². The summed E-state index contributed by atoms with van der Waals surface area (Å²) < 4.78 is 10.9. The van der Waals surface area contributed by atoms with Crippen LogP contribution < -0.4 is 9.47 Å². The fraction of sp³-hybridized carbons (Fsp3) is 0.200. The van der Waals surface area contributed by atoms with Crippen LogP contribution in [0.1, 0.15) is 11.1 Å². The fourth-order valence-electron chi connectivity index (χ4n) is 1.74. The predicted octanol–water partition coefficient (Wildman–Crippen LogP) is 3.42. The SMILES string of the molecule is COc1c(OCc2ccccc2)ccc(CO)c1Cl. The number of hydrogen-bond donors (Lipinski definition) is 1. The van der Waals surface area contributed by atoms with Gasteiger partial charge in [-0.1, -0.05) is 48.0 Å². The van der Waals surface area contributed by atoms with E-state index >= 15 is 0 Å². The first kappa shape index (κ1) is 13.7. The van der Waals surface area contributed by atoms with Crippen LogP contribution in [0.2, 0.25) is 5.02 Å². The van der Waals surface area contributed by atoms with E-state index in [-0.39, 0.29) is 6.61 Å². The molecule has 19 heavy (non-hydrogen) atoms. The number of aliphatic hydroxyl groups is 1. The topological polar surface area (TPSA) is 38.7 Å². The van der Waals surface area contributed by atoms with Gasteiger partial charge in [-0.05, 0) is 11.6 Å². The predicted molar refractivity (Wildman–Crippen MR) is 74.7 cm³/mol. The molecule has 0 aromatic heterocycles. The Bertz CT molecular complexity index is 541. The van der Waals surface area contributed by atoms with Gasteiger partial charge in [0.15, 0.2) is 11.5 Å². The summed E-state index contributed by atoms with van der Waals surface area (Å²) in [5.74, 6) is 1.01. The lowest BCUT2D eigenvalue weighted by Crippen LogP contribution is -1.99. The van der Waals surface area contributed by atoms with Gasteiger partial charge < -0.3 is 14.6 Å². The zero-order valence-corrected chi connectivity index (χ0v) is 11.4. The Morgan fingerprint density at radius 3 is 2.47 bits per heavy atom. The monoisotopic (exact) mass is 278 g/mol. The van der Waals surface area contributed by atoms with Crippen LogP contribution >= 0.6 is 11.6 Å². The van der Waals surface area contributed by atoms with E-state index in [1.54, 1.807) is 12.1 Å². The molecule has 0 spiro atoms. The second-order valence-corrected chi connectivity index (χ2v) is 4.38. The first-order chi connectivity index (χ1) is 9.26. The van der Waals surface area contributed by atoms with Gasteiger partial charge in [-0.25, -0.2) is 0 Å². The minimum atomic E-state index is -0.131. The zero-order valence-electron chi connectivity index (χ0n) is 10.6. The normalized spacial score (nSPS) is 10.3. The van der Waals surface area contributed by atoms with Crippen LogP contribution in [0.3, 0.4) is 0 Å². The Morgan fingerprint density at radius 1 is 1.11 bits per heavy atom. The van der Waals surface area contributed by atoms with E-state index in [9.17, 15) is 0 Å². The molecule has 0 amide bonds. The molecule has 4 heteroatoms. The van der Waals surface area contributed by atoms with Crippen LogP contribution in [0.4, 0.5) is 0 Å². The lowest BCUT2D eigenvalue weighted by Gasteiger charge is -2.13. The Hall–Kier alpha value is -1.71. The third-order valence-corrected chi connectivity index (χ3v) is 3.17. The van der Waals surface area contributed by atoms with Crippen molar-refractivity contribution in [3.63, 3.8) is 0 Å². The number of hydrogen-bond acceptors (Lipinski definition) is 3. The van der Waals surface area contributed by atoms with Gasteiger partial charge in [-0.15, -0.1) is 0 Å². The number of rotatable bonds is 5. The summed E-state index contributed by atoms with van der Waals surface area (Å²) in [5, 5.41) is 9.54. The highest BCUT2D eigenvalue weighted by atomic mass is 35.5. The molecule has 2 rings (SSSR count). The van der Waals surface area contributed by atoms with E-state index in [0.717, 1.165) is 5.56 Å². The molecule has 0 aliphatic carbocycles. The lowest BCUT2D eigenvalue weighted by molar-refractivity contribution is 0.274. The Kier molecular flexibility index (Phi) is 4.66. The molecule has 0 aliphatic heterocycles. The highest BCUT2D eigenvalue weighted by Crippen LogP contribution is 2.37. The van der Waals surface area contributed by atoms with Gasteiger partial charge in [0.25, 0.3) is 0 Å². The molecule has 0 bridgehead atoms. The summed E-state index contributed by atoms with van der Waals surface area (Å²) in [6, 6.07) is 13.3. The van der Waals surface area contributed by atoms with Crippen molar-refractivity contribution >= 4 is 11.6 Å². The average Bonchev–Trinajstić information content (AvgIpc) is 2.46. The van der Waals surface area contributed by atoms with Crippen LogP contribution in [-0.4, -0.2) is 12.2 Å². The van der Waals surface area contributed by atoms with E-state index in [1.807, 2.05) is 30.3 Å². The van der Waals surface area contributed by atoms with E-state index in [1.165, 1.54) is 7.11 Å². The number of methoxy groups -OCH3 is 1. The van der Waals surface area contributed by atoms with Crippen molar-refractivity contribution in [2.24, 2.45) is 0 Å². The number of benzene rings is 2. The van der Waals surface area contributed by atoms with Gasteiger partial charge in [0.1, 0.15) is 6.61 Å². The summed E-state index contributed by atoms with van der Waals surface area (Å²) >= 11 is 6.13. The van der Waals surface area contributed by atoms with Crippen LogP contribution in [0.15, 0.2) is 42.5 Å². The minimum Gasteiger partial charge on any atom is -0.491 e. The highest BCUT2D eigenvalue weighted by molar-refractivity contribution is 6.33. The summed E-state index contributed by atoms with van der Waals surface area (Å²) in [7, 11) is 1.53. The molecule has 0 saturated heterocycles. The van der Waals surface area contributed by atoms with Crippen molar-refractivity contribution < 1.29 is 14.6 Å². The number of ether oxygens (including phenoxy) is 2. The molecular formula is C15H15ClO3. The summed E-state index contributed by atoms with van der Waals surface area (Å²) in [5.41, 5.74) is 1.68. The summed E-state index contributed by atoms with van der Waals surface area (Å²) in [4.78, 5) is 0. The van der Waals surface area contributed by atoms with E-state index in [2.05, 4.69) is 0 Å². The fourth-order valence-corrected chi connectivity index (χ4v) is 2.03. The molecule has 0 aliphatic rings. The maximum atomic E-state index is 9.16. The zero-order chi connectivity index (χ0) is 13.7. The van der Waals surface area contributed by atoms with Crippen LogP contribution in [0.5, 0.6) is 11.5 Å². The maximum Gasteiger partial charge on any atom is 0.179 e. The largest absolute Gasteiger partial charge is 0.491 e. The summed E-state index contributed by atoms with van der Waals surface area (Å²) in [6.45, 7) is 0.306. The van der Waals surface area contributed by atoms with Crippen molar-refractivity contribution in [2.45, 2.75) is 13.2 Å². The van der Waals surface area contributed by atoms with Crippen LogP contribution in [0.25, 0.3) is 0 Å². The third-order valence-electron chi connectivity index (χ3n) is 2.75. The van der Waals surface area contributed by atoms with Gasteiger partial charge in [0, 0.05) is 5.56 Å². The molecule has 0 radical (unpaired) electrons. The first-order valence-corrected chi connectivity index (χ1v) is 6.27. The van der Waals surface area contributed by atoms with Gasteiger partial charge in [-0.3, -0.25) is 0 Å². The lowest BCUT2D eigenvalue weighted by atomic mass is 10.2. The smallest absolute Gasteiger partial charge is 0.179 e. The molecule has 100 valence electrons. The van der Waals surface area contributed by atoms with E-state index < -0.39 is 0 Å². The third kappa shape index (κ3) is 3.19. The van der Waals surface area contributed by atoms with Crippen molar-refractivity contribution in [3.05, 3.63) is 58.6 Å². The van der Waals surface area contributed by atoms with E-state index in [4.69, 9.17) is 26.2 Å². The molecule has 1 N–H and O–H groups in total. The molecular weight excluding hydrogens is 264 g/mol. The van der Waals surface area contributed by atoms with Crippen molar-refractivity contribution in [2.75, 3.05) is 7.11 Å². The maximum absolute atomic E-state index is 9.16. The number of halogens is 1. The molecule has 3 nitrogen and oxygen atoms in total. The van der Waals surface area contributed by atoms with Gasteiger partial charge in [0.2, 0.25) is 0 Å². The standard InChI is InChI=1S/C15H15ClO3/c1-18-15-13(8-7-12(9-17)14(15)16)19-10-11-5-3-2-4-6-11/h2-8,17H,9-10H2,1H3. The minimum absolute atomic E-state index is 0.131. The molecule has 0 saturated carbocycles. The van der Waals surface area contributed by atoms with E-state index in [0.29, 0.717) is 28.7 Å². The van der Waals surface area contributed by atoms with Crippen molar-refractivity contribution in [1.82, 2.24) is 0 Å².